The smallest absolute Gasteiger partial charge is 0.259 e. The molecule has 14 heteroatoms. The summed E-state index contributed by atoms with van der Waals surface area (Å²) < 4.78 is 40.1. The van der Waals surface area contributed by atoms with Crippen LogP contribution in [0.5, 0.6) is 11.5 Å². The number of aromatic nitrogens is 1. The number of hydrogen-bond donors (Lipinski definition) is 2. The standard InChI is InChI=1S/C43H53N5O8S/c1-6-28-25-43(28,41(52)46-57(53,54)31-16-17-31)45-39(50)36-22-30(26-48(36)40(51)33(42(2,3)4)23-38(49)47-19-11-8-12-20-47)56-37-24-34(27-13-9-7-10-14-27)44-35-21-29(55-5)15-18-32(35)37/h6-7,9-10,13-15,18,21,24,28,30-31,33,36H,1,8,11-12,16-17,19-20,22-23,25-26H2,2-5H3,(H,45,50)(H,46,52)/t28-,30-,33-,36-,43-/m1/s1. The fourth-order valence-electron chi connectivity index (χ4n) is 8.14. The molecule has 4 fully saturated rings. The van der Waals surface area contributed by atoms with Crippen molar-refractivity contribution in [2.24, 2.45) is 17.3 Å². The predicted molar refractivity (Wildman–Crippen MR) is 216 cm³/mol. The lowest BCUT2D eigenvalue weighted by Gasteiger charge is -2.36. The summed E-state index contributed by atoms with van der Waals surface area (Å²) in [5.74, 6) is -2.03. The second-order valence-electron chi connectivity index (χ2n) is 17.0. The van der Waals surface area contributed by atoms with Crippen LogP contribution < -0.4 is 19.5 Å². The van der Waals surface area contributed by atoms with Crippen LogP contribution in [-0.4, -0.2) is 96.5 Å². The zero-order valence-corrected chi connectivity index (χ0v) is 34.0. The number of nitrogens with one attached hydrogen (secondary N) is 2. The van der Waals surface area contributed by atoms with Gasteiger partial charge < -0.3 is 24.6 Å². The molecule has 2 saturated heterocycles. The van der Waals surface area contributed by atoms with Crippen LogP contribution in [0, 0.1) is 17.3 Å². The SMILES string of the molecule is C=C[C@@H]1C[C@]1(NC(=O)[C@H]1C[C@@H](Oc2cc(-c3ccccc3)nc3cc(OC)ccc23)CN1C(=O)[C@@H](CC(=O)N1CCCCC1)C(C)(C)C)C(=O)NS(=O)(=O)C1CC1. The number of piperidine rings is 1. The zero-order chi connectivity index (χ0) is 40.7. The Morgan fingerprint density at radius 3 is 2.39 bits per heavy atom. The van der Waals surface area contributed by atoms with E-state index in [2.05, 4.69) is 16.6 Å². The first-order valence-electron chi connectivity index (χ1n) is 19.9. The molecule has 0 bridgehead atoms. The van der Waals surface area contributed by atoms with Crippen LogP contribution in [0.3, 0.4) is 0 Å². The van der Waals surface area contributed by atoms with E-state index in [-0.39, 0.29) is 37.6 Å². The van der Waals surface area contributed by atoms with E-state index < -0.39 is 62.0 Å². The number of benzene rings is 2. The molecule has 7 rings (SSSR count). The van der Waals surface area contributed by atoms with Gasteiger partial charge in [0.2, 0.25) is 27.7 Å². The van der Waals surface area contributed by atoms with Gasteiger partial charge in [-0.1, -0.05) is 57.2 Å². The van der Waals surface area contributed by atoms with E-state index >= 15 is 0 Å². The summed E-state index contributed by atoms with van der Waals surface area (Å²) in [6.07, 6.45) is 4.91. The molecule has 0 spiro atoms. The number of pyridine rings is 1. The molecule has 3 aromatic rings. The van der Waals surface area contributed by atoms with Crippen molar-refractivity contribution in [3.05, 3.63) is 67.3 Å². The van der Waals surface area contributed by atoms with E-state index in [1.807, 2.05) is 80.3 Å². The van der Waals surface area contributed by atoms with Crippen LogP contribution in [0.1, 0.15) is 72.1 Å². The summed E-state index contributed by atoms with van der Waals surface area (Å²) >= 11 is 0. The molecule has 57 heavy (non-hydrogen) atoms. The lowest BCUT2D eigenvalue weighted by atomic mass is 9.77. The quantitative estimate of drug-likeness (QED) is 0.227. The Morgan fingerprint density at radius 2 is 1.75 bits per heavy atom. The summed E-state index contributed by atoms with van der Waals surface area (Å²) in [6.45, 7) is 10.9. The van der Waals surface area contributed by atoms with Gasteiger partial charge in [-0.2, -0.15) is 0 Å². The first-order valence-corrected chi connectivity index (χ1v) is 21.5. The third-order valence-electron chi connectivity index (χ3n) is 11.9. The van der Waals surface area contributed by atoms with Crippen molar-refractivity contribution in [3.63, 3.8) is 0 Å². The zero-order valence-electron chi connectivity index (χ0n) is 33.2. The Labute approximate surface area is 334 Å². The van der Waals surface area contributed by atoms with Crippen molar-refractivity contribution < 1.29 is 37.1 Å². The first-order chi connectivity index (χ1) is 27.1. The number of amides is 4. The fourth-order valence-corrected chi connectivity index (χ4v) is 9.51. The van der Waals surface area contributed by atoms with E-state index in [9.17, 15) is 27.6 Å². The van der Waals surface area contributed by atoms with E-state index in [1.165, 1.54) is 11.0 Å². The molecule has 2 aliphatic heterocycles. The molecule has 13 nitrogen and oxygen atoms in total. The molecule has 0 unspecified atom stereocenters. The molecular weight excluding hydrogens is 747 g/mol. The van der Waals surface area contributed by atoms with Crippen molar-refractivity contribution >= 4 is 44.6 Å². The van der Waals surface area contributed by atoms with Crippen LogP contribution in [0.2, 0.25) is 0 Å². The van der Waals surface area contributed by atoms with E-state index in [1.54, 1.807) is 7.11 Å². The minimum atomic E-state index is -3.90. The fraction of sp³-hybridized carbons (Fsp3) is 0.512. The van der Waals surface area contributed by atoms with E-state index in [0.29, 0.717) is 54.0 Å². The minimum absolute atomic E-state index is 0.0140. The highest BCUT2D eigenvalue weighted by Crippen LogP contribution is 2.46. The van der Waals surface area contributed by atoms with Crippen molar-refractivity contribution in [1.29, 1.82) is 0 Å². The topological polar surface area (TPSA) is 164 Å². The molecule has 5 atom stereocenters. The number of likely N-dealkylation sites (tertiary alicyclic amines) is 2. The maximum atomic E-state index is 14.9. The van der Waals surface area contributed by atoms with Crippen molar-refractivity contribution in [1.82, 2.24) is 24.8 Å². The first kappa shape index (κ1) is 40.2. The normalized spacial score (nSPS) is 24.0. The number of carbonyl (C=O) groups is 4. The molecule has 3 heterocycles. The highest BCUT2D eigenvalue weighted by atomic mass is 32.2. The van der Waals surface area contributed by atoms with Gasteiger partial charge in [0.1, 0.15) is 29.2 Å². The number of hydrogen-bond acceptors (Lipinski definition) is 9. The van der Waals surface area contributed by atoms with Gasteiger partial charge in [-0.15, -0.1) is 6.58 Å². The molecule has 4 amide bonds. The number of rotatable bonds is 13. The summed E-state index contributed by atoms with van der Waals surface area (Å²) in [6, 6.07) is 15.9. The highest BCUT2D eigenvalue weighted by Gasteiger charge is 2.62. The van der Waals surface area contributed by atoms with Gasteiger partial charge in [-0.25, -0.2) is 13.4 Å². The van der Waals surface area contributed by atoms with Crippen LogP contribution in [0.25, 0.3) is 22.2 Å². The van der Waals surface area contributed by atoms with Crippen molar-refractivity contribution in [2.45, 2.75) is 95.1 Å². The summed E-state index contributed by atoms with van der Waals surface area (Å²) in [5, 5.41) is 2.94. The van der Waals surface area contributed by atoms with Gasteiger partial charge in [0, 0.05) is 54.9 Å². The van der Waals surface area contributed by atoms with E-state index in [4.69, 9.17) is 14.5 Å². The Hall–Kier alpha value is -4.98. The lowest BCUT2D eigenvalue weighted by Crippen LogP contribution is -2.57. The number of fused-ring (bicyclic) bond motifs is 1. The van der Waals surface area contributed by atoms with E-state index in [0.717, 1.165) is 24.8 Å². The van der Waals surface area contributed by atoms with Gasteiger partial charge in [-0.3, -0.25) is 23.9 Å². The third kappa shape index (κ3) is 8.51. The number of carbonyl (C=O) groups excluding carboxylic acids is 4. The van der Waals surface area contributed by atoms with Crippen molar-refractivity contribution in [3.8, 4) is 22.8 Å². The molecular formula is C43H53N5O8S. The summed E-state index contributed by atoms with van der Waals surface area (Å²) in [7, 11) is -2.31. The maximum absolute atomic E-state index is 14.9. The molecule has 0 radical (unpaired) electrons. The number of sulfonamides is 1. The third-order valence-corrected chi connectivity index (χ3v) is 13.7. The van der Waals surface area contributed by atoms with Crippen LogP contribution in [0.15, 0.2) is 67.3 Å². The Balaban J connectivity index is 1.21. The molecule has 2 aromatic carbocycles. The van der Waals surface area contributed by atoms with Crippen LogP contribution in [0.4, 0.5) is 0 Å². The molecule has 1 aromatic heterocycles. The molecule has 2 saturated carbocycles. The average Bonchev–Trinajstić information content (AvgIpc) is 4.13. The minimum Gasteiger partial charge on any atom is -0.497 e. The molecule has 2 N–H and O–H groups in total. The van der Waals surface area contributed by atoms with Crippen LogP contribution >= 0.6 is 0 Å². The largest absolute Gasteiger partial charge is 0.497 e. The maximum Gasteiger partial charge on any atom is 0.259 e. The second kappa shape index (κ2) is 15.8. The summed E-state index contributed by atoms with van der Waals surface area (Å²) in [4.78, 5) is 64.9. The van der Waals surface area contributed by atoms with Crippen molar-refractivity contribution in [2.75, 3.05) is 26.7 Å². The molecule has 2 aliphatic carbocycles. The number of ether oxygens (including phenoxy) is 2. The number of methoxy groups -OCH3 is 1. The summed E-state index contributed by atoms with van der Waals surface area (Å²) in [5.41, 5.74) is -0.0157. The number of nitrogens with zero attached hydrogens (tertiary/aromatic N) is 3. The Kier molecular flexibility index (Phi) is 11.1. The Morgan fingerprint density at radius 1 is 1.04 bits per heavy atom. The highest BCUT2D eigenvalue weighted by molar-refractivity contribution is 7.91. The molecule has 304 valence electrons. The lowest BCUT2D eigenvalue weighted by molar-refractivity contribution is -0.148. The van der Waals surface area contributed by atoms with Gasteiger partial charge in [-0.05, 0) is 56.1 Å². The predicted octanol–water partition coefficient (Wildman–Crippen LogP) is 4.99. The van der Waals surface area contributed by atoms with Crippen LogP contribution in [-0.2, 0) is 29.2 Å². The average molecular weight is 800 g/mol. The molecule has 4 aliphatic rings. The monoisotopic (exact) mass is 799 g/mol. The second-order valence-corrected chi connectivity index (χ2v) is 18.9. The Bertz CT molecular complexity index is 2160. The van der Waals surface area contributed by atoms with Gasteiger partial charge in [0.05, 0.1) is 36.0 Å². The van der Waals surface area contributed by atoms with Gasteiger partial charge in [0.25, 0.3) is 5.91 Å². The van der Waals surface area contributed by atoms with Gasteiger partial charge in [0.15, 0.2) is 0 Å². The van der Waals surface area contributed by atoms with Gasteiger partial charge >= 0.3 is 0 Å².